The summed E-state index contributed by atoms with van der Waals surface area (Å²) in [5.74, 6) is 0.572. The minimum atomic E-state index is -0.907. The fourth-order valence-electron chi connectivity index (χ4n) is 4.10. The molecule has 2 aromatic carbocycles. The average molecular weight is 383 g/mol. The number of esters is 1. The second-order valence-corrected chi connectivity index (χ2v) is 7.75. The summed E-state index contributed by atoms with van der Waals surface area (Å²) in [6.07, 6.45) is 3.82. The highest BCUT2D eigenvalue weighted by molar-refractivity contribution is 5.94. The zero-order valence-corrected chi connectivity index (χ0v) is 16.9. The summed E-state index contributed by atoms with van der Waals surface area (Å²) in [4.78, 5) is 14.7. The van der Waals surface area contributed by atoms with Crippen molar-refractivity contribution in [3.8, 4) is 11.5 Å². The smallest absolute Gasteiger partial charge is 0.347 e. The summed E-state index contributed by atoms with van der Waals surface area (Å²) >= 11 is 0. The molecule has 28 heavy (non-hydrogen) atoms. The number of rotatable bonds is 6. The monoisotopic (exact) mass is 383 g/mol. The largest absolute Gasteiger partial charge is 0.496 e. The lowest BCUT2D eigenvalue weighted by Crippen LogP contribution is -2.43. The van der Waals surface area contributed by atoms with E-state index in [1.54, 1.807) is 36.4 Å². The van der Waals surface area contributed by atoms with Gasteiger partial charge in [-0.25, -0.2) is 4.79 Å². The average Bonchev–Trinajstić information content (AvgIpc) is 2.69. The number of ether oxygens (including phenoxy) is 2. The number of para-hydroxylation sites is 1. The van der Waals surface area contributed by atoms with E-state index in [0.29, 0.717) is 17.1 Å². The molecule has 150 valence electrons. The maximum Gasteiger partial charge on any atom is 0.347 e. The van der Waals surface area contributed by atoms with E-state index in [4.69, 9.17) is 9.47 Å². The van der Waals surface area contributed by atoms with Crippen molar-refractivity contribution in [1.82, 2.24) is 4.90 Å². The summed E-state index contributed by atoms with van der Waals surface area (Å²) in [7, 11) is 5.58. The van der Waals surface area contributed by atoms with Crippen LogP contribution in [0, 0.1) is 5.92 Å². The molecule has 0 heterocycles. The van der Waals surface area contributed by atoms with Crippen molar-refractivity contribution in [3.05, 3.63) is 59.7 Å². The van der Waals surface area contributed by atoms with E-state index in [2.05, 4.69) is 4.90 Å². The number of benzene rings is 2. The van der Waals surface area contributed by atoms with E-state index in [0.717, 1.165) is 37.8 Å². The Labute approximate surface area is 166 Å². The molecular formula is C23H29NO4. The standard InChI is InChI=1S/C23H29NO4/c1-24(2)16-18-9-6-7-14-23(18,26)17-10-8-11-19(15-17)28-22(25)20-12-4-5-13-21(20)27-3/h4-5,8,10-13,15,18,26H,6-7,9,14,16H2,1-3H3. The van der Waals surface area contributed by atoms with Gasteiger partial charge in [-0.1, -0.05) is 37.1 Å². The minimum absolute atomic E-state index is 0.149. The first-order valence-electron chi connectivity index (χ1n) is 9.77. The predicted octanol–water partition coefficient (Wildman–Crippen LogP) is 3.85. The van der Waals surface area contributed by atoms with Crippen LogP contribution >= 0.6 is 0 Å². The quantitative estimate of drug-likeness (QED) is 0.606. The third-order valence-corrected chi connectivity index (χ3v) is 5.49. The molecule has 0 saturated heterocycles. The first kappa shape index (κ1) is 20.4. The summed E-state index contributed by atoms with van der Waals surface area (Å²) in [6, 6.07) is 14.3. The third-order valence-electron chi connectivity index (χ3n) is 5.49. The fraction of sp³-hybridized carbons (Fsp3) is 0.435. The molecule has 1 aliphatic carbocycles. The van der Waals surface area contributed by atoms with Crippen molar-refractivity contribution in [3.63, 3.8) is 0 Å². The highest BCUT2D eigenvalue weighted by Gasteiger charge is 2.40. The number of nitrogens with zero attached hydrogens (tertiary/aromatic N) is 1. The molecule has 0 radical (unpaired) electrons. The van der Waals surface area contributed by atoms with Gasteiger partial charge in [-0.05, 0) is 56.8 Å². The van der Waals surface area contributed by atoms with Crippen molar-refractivity contribution in [2.75, 3.05) is 27.7 Å². The number of hydrogen-bond donors (Lipinski definition) is 1. The summed E-state index contributed by atoms with van der Waals surface area (Å²) in [6.45, 7) is 0.821. The number of methoxy groups -OCH3 is 1. The second-order valence-electron chi connectivity index (χ2n) is 7.75. The summed E-state index contributed by atoms with van der Waals surface area (Å²) in [5, 5.41) is 11.5. The van der Waals surface area contributed by atoms with E-state index >= 15 is 0 Å². The zero-order valence-electron chi connectivity index (χ0n) is 16.9. The molecule has 0 bridgehead atoms. The van der Waals surface area contributed by atoms with Crippen LogP contribution in [0.5, 0.6) is 11.5 Å². The maximum absolute atomic E-state index is 12.6. The molecule has 2 atom stereocenters. The lowest BCUT2D eigenvalue weighted by molar-refractivity contribution is -0.0619. The van der Waals surface area contributed by atoms with Crippen molar-refractivity contribution >= 4 is 5.97 Å². The van der Waals surface area contributed by atoms with Gasteiger partial charge in [0.25, 0.3) is 0 Å². The van der Waals surface area contributed by atoms with Gasteiger partial charge in [0, 0.05) is 12.5 Å². The van der Waals surface area contributed by atoms with E-state index in [9.17, 15) is 9.90 Å². The molecular weight excluding hydrogens is 354 g/mol. The van der Waals surface area contributed by atoms with Crippen LogP contribution in [-0.2, 0) is 5.60 Å². The van der Waals surface area contributed by atoms with Gasteiger partial charge in [0.1, 0.15) is 17.1 Å². The Morgan fingerprint density at radius 3 is 2.71 bits per heavy atom. The van der Waals surface area contributed by atoms with E-state index in [1.165, 1.54) is 7.11 Å². The Bertz CT molecular complexity index is 820. The zero-order chi connectivity index (χ0) is 20.1. The Morgan fingerprint density at radius 1 is 1.18 bits per heavy atom. The lowest BCUT2D eigenvalue weighted by Gasteiger charge is -2.41. The molecule has 0 aliphatic heterocycles. The molecule has 5 heteroatoms. The van der Waals surface area contributed by atoms with Crippen LogP contribution < -0.4 is 9.47 Å². The summed E-state index contributed by atoms with van der Waals surface area (Å²) < 4.78 is 10.8. The molecule has 0 spiro atoms. The van der Waals surface area contributed by atoms with E-state index in [-0.39, 0.29) is 5.92 Å². The van der Waals surface area contributed by atoms with Crippen molar-refractivity contribution in [2.24, 2.45) is 5.92 Å². The van der Waals surface area contributed by atoms with Gasteiger partial charge in [0.15, 0.2) is 0 Å². The molecule has 1 aliphatic rings. The van der Waals surface area contributed by atoms with Crippen LogP contribution in [0.3, 0.4) is 0 Å². The van der Waals surface area contributed by atoms with Gasteiger partial charge >= 0.3 is 5.97 Å². The second kappa shape index (κ2) is 8.76. The summed E-state index contributed by atoms with van der Waals surface area (Å²) in [5.41, 5.74) is 0.275. The lowest BCUT2D eigenvalue weighted by atomic mass is 9.71. The van der Waals surface area contributed by atoms with Gasteiger partial charge in [-0.15, -0.1) is 0 Å². The maximum atomic E-state index is 12.6. The molecule has 1 N–H and O–H groups in total. The van der Waals surface area contributed by atoms with Gasteiger partial charge < -0.3 is 19.5 Å². The van der Waals surface area contributed by atoms with Crippen LogP contribution in [0.4, 0.5) is 0 Å². The Hall–Kier alpha value is -2.37. The third kappa shape index (κ3) is 4.37. The molecule has 1 fully saturated rings. The Kier molecular flexibility index (Phi) is 6.37. The topological polar surface area (TPSA) is 59.0 Å². The molecule has 5 nitrogen and oxygen atoms in total. The molecule has 1 saturated carbocycles. The van der Waals surface area contributed by atoms with Gasteiger partial charge in [0.2, 0.25) is 0 Å². The number of aliphatic hydroxyl groups is 1. The van der Waals surface area contributed by atoms with Crippen molar-refractivity contribution in [1.29, 1.82) is 0 Å². The fourth-order valence-corrected chi connectivity index (χ4v) is 4.10. The predicted molar refractivity (Wildman–Crippen MR) is 109 cm³/mol. The highest BCUT2D eigenvalue weighted by Crippen LogP contribution is 2.42. The van der Waals surface area contributed by atoms with Crippen LogP contribution in [0.25, 0.3) is 0 Å². The van der Waals surface area contributed by atoms with Crippen molar-refractivity contribution < 1.29 is 19.4 Å². The Morgan fingerprint density at radius 2 is 1.96 bits per heavy atom. The SMILES string of the molecule is COc1ccccc1C(=O)Oc1cccc(C2(O)CCCCC2CN(C)C)c1. The highest BCUT2D eigenvalue weighted by atomic mass is 16.5. The Balaban J connectivity index is 1.84. The van der Waals surface area contributed by atoms with Gasteiger partial charge in [-0.2, -0.15) is 0 Å². The number of carbonyl (C=O) groups is 1. The first-order chi connectivity index (χ1) is 13.4. The molecule has 3 rings (SSSR count). The van der Waals surface area contributed by atoms with Crippen LogP contribution in [0.2, 0.25) is 0 Å². The van der Waals surface area contributed by atoms with Crippen LogP contribution in [0.15, 0.2) is 48.5 Å². The van der Waals surface area contributed by atoms with Crippen LogP contribution in [0.1, 0.15) is 41.6 Å². The van der Waals surface area contributed by atoms with Gasteiger partial charge in [-0.3, -0.25) is 0 Å². The number of carbonyl (C=O) groups excluding carboxylic acids is 1. The van der Waals surface area contributed by atoms with Crippen LogP contribution in [-0.4, -0.2) is 43.7 Å². The van der Waals surface area contributed by atoms with E-state index < -0.39 is 11.6 Å². The molecule has 0 amide bonds. The van der Waals surface area contributed by atoms with E-state index in [1.807, 2.05) is 26.2 Å². The number of hydrogen-bond acceptors (Lipinski definition) is 5. The normalized spacial score (nSPS) is 22.1. The van der Waals surface area contributed by atoms with Crippen molar-refractivity contribution in [2.45, 2.75) is 31.3 Å². The first-order valence-corrected chi connectivity index (χ1v) is 9.77. The molecule has 2 unspecified atom stereocenters. The van der Waals surface area contributed by atoms with Gasteiger partial charge in [0.05, 0.1) is 12.7 Å². The minimum Gasteiger partial charge on any atom is -0.496 e. The molecule has 2 aromatic rings. The molecule has 0 aromatic heterocycles.